The molecule has 3 N–H and O–H groups in total. The van der Waals surface area contributed by atoms with E-state index in [1.54, 1.807) is 12.1 Å². The molecule has 5 rings (SSSR count). The molecule has 142 valence electrons. The molecular weight excluding hydrogens is 364 g/mol. The van der Waals surface area contributed by atoms with Crippen LogP contribution in [0.3, 0.4) is 0 Å². The number of para-hydroxylation sites is 1. The van der Waals surface area contributed by atoms with Gasteiger partial charge in [-0.05, 0) is 36.2 Å². The molecule has 29 heavy (non-hydrogen) atoms. The Morgan fingerprint density at radius 1 is 1.00 bits per heavy atom. The van der Waals surface area contributed by atoms with Gasteiger partial charge in [0.25, 0.3) is 11.8 Å². The van der Waals surface area contributed by atoms with E-state index in [4.69, 9.17) is 0 Å². The van der Waals surface area contributed by atoms with Crippen LogP contribution in [0, 0.1) is 6.92 Å². The second kappa shape index (κ2) is 6.60. The van der Waals surface area contributed by atoms with Crippen LogP contribution in [-0.4, -0.2) is 22.0 Å². The Bertz CT molecular complexity index is 1270. The van der Waals surface area contributed by atoms with E-state index >= 15 is 0 Å². The third-order valence-electron chi connectivity index (χ3n) is 5.35. The molecule has 0 fully saturated rings. The average Bonchev–Trinajstić information content (AvgIpc) is 3.31. The molecule has 6 heteroatoms. The number of rotatable bonds is 3. The zero-order chi connectivity index (χ0) is 20.0. The molecule has 0 aliphatic carbocycles. The van der Waals surface area contributed by atoms with Crippen molar-refractivity contribution in [2.75, 3.05) is 5.32 Å². The highest BCUT2D eigenvalue weighted by Gasteiger charge is 2.33. The number of anilines is 1. The van der Waals surface area contributed by atoms with Gasteiger partial charge in [0.2, 0.25) is 0 Å². The maximum atomic E-state index is 13.0. The quantitative estimate of drug-likeness (QED) is 0.501. The lowest BCUT2D eigenvalue weighted by molar-refractivity contribution is 0.0959. The SMILES string of the molecule is Cc1ccccc1C1NC(=O)c2cccc(NC(=O)c3n[nH]c4ccccc34)c21. The van der Waals surface area contributed by atoms with Crippen molar-refractivity contribution < 1.29 is 9.59 Å². The van der Waals surface area contributed by atoms with Gasteiger partial charge in [0.15, 0.2) is 5.69 Å². The summed E-state index contributed by atoms with van der Waals surface area (Å²) in [5.41, 5.74) is 5.15. The molecular formula is C23H18N4O2. The van der Waals surface area contributed by atoms with E-state index in [0.717, 1.165) is 27.6 Å². The zero-order valence-electron chi connectivity index (χ0n) is 15.7. The molecule has 1 unspecified atom stereocenters. The van der Waals surface area contributed by atoms with Crippen LogP contribution in [0.15, 0.2) is 66.7 Å². The van der Waals surface area contributed by atoms with Crippen LogP contribution in [0.1, 0.15) is 43.6 Å². The molecule has 2 amide bonds. The first-order valence-corrected chi connectivity index (χ1v) is 9.37. The first kappa shape index (κ1) is 17.2. The Kier molecular flexibility index (Phi) is 3.91. The number of aromatic nitrogens is 2. The maximum Gasteiger partial charge on any atom is 0.276 e. The molecule has 0 saturated heterocycles. The summed E-state index contributed by atoms with van der Waals surface area (Å²) in [6.45, 7) is 2.01. The molecule has 1 aliphatic heterocycles. The number of aromatic amines is 1. The summed E-state index contributed by atoms with van der Waals surface area (Å²) in [5, 5.41) is 13.8. The number of hydrogen-bond acceptors (Lipinski definition) is 3. The Morgan fingerprint density at radius 3 is 2.66 bits per heavy atom. The number of aryl methyl sites for hydroxylation is 1. The molecule has 1 aromatic heterocycles. The zero-order valence-corrected chi connectivity index (χ0v) is 15.7. The third-order valence-corrected chi connectivity index (χ3v) is 5.35. The second-order valence-electron chi connectivity index (χ2n) is 7.10. The highest BCUT2D eigenvalue weighted by Crippen LogP contribution is 2.37. The number of H-pyrrole nitrogens is 1. The highest BCUT2D eigenvalue weighted by molar-refractivity contribution is 6.12. The van der Waals surface area contributed by atoms with Gasteiger partial charge in [-0.3, -0.25) is 14.7 Å². The van der Waals surface area contributed by atoms with Crippen molar-refractivity contribution in [3.63, 3.8) is 0 Å². The summed E-state index contributed by atoms with van der Waals surface area (Å²) in [7, 11) is 0. The van der Waals surface area contributed by atoms with Crippen molar-refractivity contribution in [1.29, 1.82) is 0 Å². The molecule has 4 aromatic rings. The maximum absolute atomic E-state index is 13.0. The fourth-order valence-electron chi connectivity index (χ4n) is 3.93. The van der Waals surface area contributed by atoms with Crippen LogP contribution in [0.25, 0.3) is 10.9 Å². The molecule has 0 bridgehead atoms. The Labute approximate surface area is 167 Å². The summed E-state index contributed by atoms with van der Waals surface area (Å²) in [6.07, 6.45) is 0. The number of carbonyl (C=O) groups excluding carboxylic acids is 2. The molecule has 1 aliphatic rings. The molecule has 2 heterocycles. The van der Waals surface area contributed by atoms with Crippen LogP contribution in [-0.2, 0) is 0 Å². The molecule has 0 saturated carbocycles. The van der Waals surface area contributed by atoms with E-state index in [1.165, 1.54) is 0 Å². The van der Waals surface area contributed by atoms with Crippen molar-refractivity contribution in [2.45, 2.75) is 13.0 Å². The van der Waals surface area contributed by atoms with Crippen molar-refractivity contribution in [2.24, 2.45) is 0 Å². The summed E-state index contributed by atoms with van der Waals surface area (Å²) >= 11 is 0. The molecule has 0 spiro atoms. The Hall–Kier alpha value is -3.93. The summed E-state index contributed by atoms with van der Waals surface area (Å²) < 4.78 is 0. The minimum Gasteiger partial charge on any atom is -0.341 e. The topological polar surface area (TPSA) is 86.9 Å². The van der Waals surface area contributed by atoms with E-state index in [-0.39, 0.29) is 17.9 Å². The number of hydrogen-bond donors (Lipinski definition) is 3. The number of benzene rings is 3. The predicted octanol–water partition coefficient (Wildman–Crippen LogP) is 3.96. The van der Waals surface area contributed by atoms with Crippen LogP contribution in [0.2, 0.25) is 0 Å². The fourth-order valence-corrected chi connectivity index (χ4v) is 3.93. The van der Waals surface area contributed by atoms with Gasteiger partial charge in [-0.25, -0.2) is 0 Å². The Balaban J connectivity index is 1.57. The van der Waals surface area contributed by atoms with Gasteiger partial charge in [-0.2, -0.15) is 5.10 Å². The van der Waals surface area contributed by atoms with Gasteiger partial charge in [-0.1, -0.05) is 48.5 Å². The standard InChI is InChI=1S/C23H18N4O2/c1-13-7-2-3-8-14(13)20-19-16(22(28)25-20)10-6-12-18(19)24-23(29)21-15-9-4-5-11-17(15)26-27-21/h2-12,20H,1H3,(H,24,29)(H,25,28)(H,26,27). The lowest BCUT2D eigenvalue weighted by Crippen LogP contribution is -2.21. The normalized spacial score (nSPS) is 15.2. The molecule has 0 radical (unpaired) electrons. The largest absolute Gasteiger partial charge is 0.341 e. The molecule has 6 nitrogen and oxygen atoms in total. The Morgan fingerprint density at radius 2 is 1.79 bits per heavy atom. The summed E-state index contributed by atoms with van der Waals surface area (Å²) in [5.74, 6) is -0.465. The van der Waals surface area contributed by atoms with Crippen molar-refractivity contribution in [1.82, 2.24) is 15.5 Å². The summed E-state index contributed by atoms with van der Waals surface area (Å²) in [6, 6.07) is 20.5. The van der Waals surface area contributed by atoms with Crippen LogP contribution in [0.5, 0.6) is 0 Å². The third kappa shape index (κ3) is 2.77. The first-order valence-electron chi connectivity index (χ1n) is 9.37. The van der Waals surface area contributed by atoms with Gasteiger partial charge in [0.05, 0.1) is 11.6 Å². The number of carbonyl (C=O) groups is 2. The van der Waals surface area contributed by atoms with Gasteiger partial charge >= 0.3 is 0 Å². The smallest absolute Gasteiger partial charge is 0.276 e. The van der Waals surface area contributed by atoms with Gasteiger partial charge in [0.1, 0.15) is 0 Å². The van der Waals surface area contributed by atoms with Crippen molar-refractivity contribution in [3.8, 4) is 0 Å². The van der Waals surface area contributed by atoms with Gasteiger partial charge in [-0.15, -0.1) is 0 Å². The van der Waals surface area contributed by atoms with Gasteiger partial charge < -0.3 is 10.6 Å². The number of nitrogens with zero attached hydrogens (tertiary/aromatic N) is 1. The lowest BCUT2D eigenvalue weighted by atomic mass is 9.93. The van der Waals surface area contributed by atoms with Gasteiger partial charge in [0, 0.05) is 22.2 Å². The van der Waals surface area contributed by atoms with E-state index in [1.807, 2.05) is 61.5 Å². The lowest BCUT2D eigenvalue weighted by Gasteiger charge is -2.18. The monoisotopic (exact) mass is 382 g/mol. The summed E-state index contributed by atoms with van der Waals surface area (Å²) in [4.78, 5) is 25.5. The van der Waals surface area contributed by atoms with Crippen molar-refractivity contribution in [3.05, 3.63) is 94.7 Å². The predicted molar refractivity (Wildman–Crippen MR) is 111 cm³/mol. The van der Waals surface area contributed by atoms with E-state index in [2.05, 4.69) is 20.8 Å². The average molecular weight is 382 g/mol. The second-order valence-corrected chi connectivity index (χ2v) is 7.10. The van der Waals surface area contributed by atoms with E-state index in [0.29, 0.717) is 16.9 Å². The first-order chi connectivity index (χ1) is 14.1. The van der Waals surface area contributed by atoms with E-state index < -0.39 is 0 Å². The number of amides is 2. The molecule has 1 atom stereocenters. The van der Waals surface area contributed by atoms with Crippen LogP contribution < -0.4 is 10.6 Å². The fraction of sp³-hybridized carbons (Fsp3) is 0.0870. The highest BCUT2D eigenvalue weighted by atomic mass is 16.2. The van der Waals surface area contributed by atoms with Crippen LogP contribution >= 0.6 is 0 Å². The minimum absolute atomic E-state index is 0.144. The number of nitrogens with one attached hydrogen (secondary N) is 3. The van der Waals surface area contributed by atoms with Crippen LogP contribution in [0.4, 0.5) is 5.69 Å². The molecule has 3 aromatic carbocycles. The number of fused-ring (bicyclic) bond motifs is 2. The van der Waals surface area contributed by atoms with Crippen molar-refractivity contribution >= 4 is 28.4 Å². The van der Waals surface area contributed by atoms with E-state index in [9.17, 15) is 9.59 Å². The minimum atomic E-state index is -0.321.